The highest BCUT2D eigenvalue weighted by Crippen LogP contribution is 2.39. The molecule has 3 nitrogen and oxygen atoms in total. The van der Waals surface area contributed by atoms with Gasteiger partial charge in [-0.3, -0.25) is 0 Å². The summed E-state index contributed by atoms with van der Waals surface area (Å²) in [7, 11) is 0. The van der Waals surface area contributed by atoms with Crippen molar-refractivity contribution in [2.24, 2.45) is 5.92 Å². The summed E-state index contributed by atoms with van der Waals surface area (Å²) in [6.45, 7) is 2.49. The predicted octanol–water partition coefficient (Wildman–Crippen LogP) is 6.18. The Bertz CT molecular complexity index is 1070. The van der Waals surface area contributed by atoms with Crippen molar-refractivity contribution in [3.8, 4) is 5.75 Å². The zero-order valence-corrected chi connectivity index (χ0v) is 18.5. The van der Waals surface area contributed by atoms with Gasteiger partial charge in [-0.2, -0.15) is 0 Å². The minimum absolute atomic E-state index is 0.0217. The number of benzene rings is 3. The van der Waals surface area contributed by atoms with E-state index < -0.39 is 5.82 Å². The van der Waals surface area contributed by atoms with Crippen molar-refractivity contribution in [2.45, 2.75) is 24.8 Å². The van der Waals surface area contributed by atoms with Crippen LogP contribution in [0.25, 0.3) is 0 Å². The number of aliphatic hydroxyl groups is 1. The Kier molecular flexibility index (Phi) is 6.70. The van der Waals surface area contributed by atoms with Gasteiger partial charge in [-0.05, 0) is 72.8 Å². The van der Waals surface area contributed by atoms with Crippen LogP contribution in [0.2, 0.25) is 5.02 Å². The number of anilines is 1. The van der Waals surface area contributed by atoms with E-state index >= 15 is 0 Å². The van der Waals surface area contributed by atoms with Gasteiger partial charge in [-0.1, -0.05) is 23.7 Å². The summed E-state index contributed by atoms with van der Waals surface area (Å²) in [5.74, 6) is 0.0613. The van der Waals surface area contributed by atoms with Crippen molar-refractivity contribution in [3.63, 3.8) is 0 Å². The lowest BCUT2D eigenvalue weighted by molar-refractivity contribution is 0.228. The maximum Gasteiger partial charge on any atom is 0.131 e. The summed E-state index contributed by atoms with van der Waals surface area (Å²) >= 11 is 7.59. The molecule has 1 unspecified atom stereocenters. The second-order valence-electron chi connectivity index (χ2n) is 7.60. The third kappa shape index (κ3) is 4.97. The van der Waals surface area contributed by atoms with Gasteiger partial charge in [0.25, 0.3) is 0 Å². The molecule has 1 heterocycles. The Hall–Kier alpha value is -2.28. The van der Waals surface area contributed by atoms with E-state index in [-0.39, 0.29) is 24.9 Å². The van der Waals surface area contributed by atoms with Crippen LogP contribution in [0, 0.1) is 24.5 Å². The maximum atomic E-state index is 14.0. The van der Waals surface area contributed by atoms with E-state index in [1.54, 1.807) is 25.1 Å². The Morgan fingerprint density at radius 3 is 2.71 bits per heavy atom. The fourth-order valence-corrected chi connectivity index (χ4v) is 4.97. The van der Waals surface area contributed by atoms with Crippen molar-refractivity contribution in [2.75, 3.05) is 17.5 Å². The molecule has 1 aliphatic rings. The Labute approximate surface area is 189 Å². The zero-order chi connectivity index (χ0) is 22.0. The molecule has 7 heteroatoms. The average molecular weight is 462 g/mol. The van der Waals surface area contributed by atoms with Crippen LogP contribution in [0.15, 0.2) is 59.5 Å². The minimum atomic E-state index is -0.403. The predicted molar refractivity (Wildman–Crippen MR) is 121 cm³/mol. The molecule has 0 fully saturated rings. The third-order valence-corrected chi connectivity index (χ3v) is 6.69. The molecule has 3 aromatic carbocycles. The molecule has 31 heavy (non-hydrogen) atoms. The number of aryl methyl sites for hydroxylation is 1. The number of fused-ring (bicyclic) bond motifs is 1. The Balaban J connectivity index is 1.58. The molecular weight excluding hydrogens is 440 g/mol. The molecule has 0 amide bonds. The van der Waals surface area contributed by atoms with E-state index in [2.05, 4.69) is 4.31 Å². The lowest BCUT2D eigenvalue weighted by atomic mass is 9.94. The molecule has 0 aliphatic carbocycles. The van der Waals surface area contributed by atoms with Gasteiger partial charge in [0.2, 0.25) is 0 Å². The van der Waals surface area contributed by atoms with Crippen LogP contribution in [0.4, 0.5) is 14.5 Å². The lowest BCUT2D eigenvalue weighted by Gasteiger charge is -2.34. The number of nitrogens with zero attached hydrogens (tertiary/aromatic N) is 1. The molecule has 0 saturated carbocycles. The van der Waals surface area contributed by atoms with Gasteiger partial charge in [-0.15, -0.1) is 0 Å². The summed E-state index contributed by atoms with van der Waals surface area (Å²) in [4.78, 5) is 0.910. The summed E-state index contributed by atoms with van der Waals surface area (Å²) < 4.78 is 35.6. The summed E-state index contributed by atoms with van der Waals surface area (Å²) in [6, 6.07) is 15.3. The quantitative estimate of drug-likeness (QED) is 0.444. The number of hydrogen-bond donors (Lipinski definition) is 1. The van der Waals surface area contributed by atoms with Gasteiger partial charge in [0.05, 0.1) is 10.7 Å². The van der Waals surface area contributed by atoms with Crippen molar-refractivity contribution >= 4 is 29.2 Å². The van der Waals surface area contributed by atoms with Crippen LogP contribution in [0.3, 0.4) is 0 Å². The number of ether oxygens (including phenoxy) is 1. The lowest BCUT2D eigenvalue weighted by Crippen LogP contribution is -2.32. The molecule has 4 rings (SSSR count). The van der Waals surface area contributed by atoms with Crippen LogP contribution in [-0.2, 0) is 13.0 Å². The molecule has 1 N–H and O–H groups in total. The molecule has 3 aromatic rings. The van der Waals surface area contributed by atoms with Crippen molar-refractivity contribution in [1.82, 2.24) is 0 Å². The summed E-state index contributed by atoms with van der Waals surface area (Å²) in [6.07, 6.45) is 0.755. The van der Waals surface area contributed by atoms with Crippen molar-refractivity contribution < 1.29 is 18.6 Å². The fraction of sp³-hybridized carbons (Fsp3) is 0.250. The van der Waals surface area contributed by atoms with Gasteiger partial charge in [0.15, 0.2) is 0 Å². The number of hydrogen-bond acceptors (Lipinski definition) is 4. The van der Waals surface area contributed by atoms with Crippen LogP contribution >= 0.6 is 23.5 Å². The number of aliphatic hydroxyl groups excluding tert-OH is 1. The highest BCUT2D eigenvalue weighted by molar-refractivity contribution is 8.00. The van der Waals surface area contributed by atoms with E-state index in [1.807, 2.05) is 24.3 Å². The standard InChI is InChI=1S/C24H22ClF2NO2S/c1-15-9-19(7-8-22(15)26)31-28-12-16(13-29)10-17-5-6-18(11-24(17)28)30-14-20-21(25)3-2-4-23(20)27/h2-9,11,16,29H,10,12-14H2,1H3. The summed E-state index contributed by atoms with van der Waals surface area (Å²) in [5, 5.41) is 10.1. The second kappa shape index (κ2) is 9.47. The Morgan fingerprint density at radius 2 is 1.97 bits per heavy atom. The molecule has 1 atom stereocenters. The molecule has 0 radical (unpaired) electrons. The smallest absolute Gasteiger partial charge is 0.131 e. The van der Waals surface area contributed by atoms with Gasteiger partial charge < -0.3 is 14.1 Å². The van der Waals surface area contributed by atoms with Crippen molar-refractivity contribution in [3.05, 3.63) is 87.9 Å². The Morgan fingerprint density at radius 1 is 1.13 bits per heavy atom. The second-order valence-corrected chi connectivity index (χ2v) is 9.10. The molecule has 0 spiro atoms. The first kappa shape index (κ1) is 21.9. The van der Waals surface area contributed by atoms with Gasteiger partial charge in [0, 0.05) is 35.6 Å². The van der Waals surface area contributed by atoms with Gasteiger partial charge in [0.1, 0.15) is 24.0 Å². The van der Waals surface area contributed by atoms with E-state index in [0.29, 0.717) is 28.4 Å². The maximum absolute atomic E-state index is 14.0. The topological polar surface area (TPSA) is 32.7 Å². The van der Waals surface area contributed by atoms with Crippen molar-refractivity contribution in [1.29, 1.82) is 0 Å². The highest BCUT2D eigenvalue weighted by Gasteiger charge is 2.26. The molecule has 0 saturated heterocycles. The number of halogens is 3. The van der Waals surface area contributed by atoms with Gasteiger partial charge in [-0.25, -0.2) is 8.78 Å². The normalized spacial score (nSPS) is 15.6. The third-order valence-electron chi connectivity index (χ3n) is 5.31. The fourth-order valence-electron chi connectivity index (χ4n) is 3.58. The van der Waals surface area contributed by atoms with E-state index in [1.165, 1.54) is 24.1 Å². The van der Waals surface area contributed by atoms with Crippen LogP contribution in [-0.4, -0.2) is 18.3 Å². The van der Waals surface area contributed by atoms with E-state index in [4.69, 9.17) is 16.3 Å². The average Bonchev–Trinajstić information content (AvgIpc) is 2.76. The zero-order valence-electron chi connectivity index (χ0n) is 16.9. The molecule has 162 valence electrons. The molecule has 1 aliphatic heterocycles. The summed E-state index contributed by atoms with van der Waals surface area (Å²) in [5.41, 5.74) is 2.96. The minimum Gasteiger partial charge on any atom is -0.489 e. The molecule has 0 bridgehead atoms. The monoisotopic (exact) mass is 461 g/mol. The van der Waals surface area contributed by atoms with Crippen LogP contribution in [0.1, 0.15) is 16.7 Å². The SMILES string of the molecule is Cc1cc(SN2CC(CO)Cc3ccc(OCc4c(F)cccc4Cl)cc32)ccc1F. The van der Waals surface area contributed by atoms with Gasteiger partial charge >= 0.3 is 0 Å². The first-order valence-electron chi connectivity index (χ1n) is 9.95. The molecular formula is C24H22ClF2NO2S. The molecule has 0 aromatic heterocycles. The van der Waals surface area contributed by atoms with E-state index in [0.717, 1.165) is 22.6 Å². The largest absolute Gasteiger partial charge is 0.489 e. The van der Waals surface area contributed by atoms with E-state index in [9.17, 15) is 13.9 Å². The first-order chi connectivity index (χ1) is 14.9. The van der Waals surface area contributed by atoms with Crippen LogP contribution in [0.5, 0.6) is 5.75 Å². The first-order valence-corrected chi connectivity index (χ1v) is 11.1. The van der Waals surface area contributed by atoms with Crippen LogP contribution < -0.4 is 9.04 Å². The highest BCUT2D eigenvalue weighted by atomic mass is 35.5. The number of rotatable bonds is 6.